The Kier molecular flexibility index (Phi) is 5.43. The number of hydrogen-bond donors (Lipinski definition) is 1. The minimum absolute atomic E-state index is 0.563. The first-order chi connectivity index (χ1) is 10.1. The lowest BCUT2D eigenvalue weighted by Gasteiger charge is -2.14. The topological polar surface area (TPSA) is 37.8 Å². The Labute approximate surface area is 135 Å². The highest BCUT2D eigenvalue weighted by Crippen LogP contribution is 2.30. The maximum atomic E-state index is 6.26. The zero-order valence-corrected chi connectivity index (χ0v) is 14.0. The van der Waals surface area contributed by atoms with Crippen molar-refractivity contribution in [2.75, 3.05) is 11.9 Å². The van der Waals surface area contributed by atoms with Gasteiger partial charge in [0.15, 0.2) is 5.82 Å². The Balaban J connectivity index is 2.51. The molecule has 1 N–H and O–H groups in total. The van der Waals surface area contributed by atoms with Crippen molar-refractivity contribution in [3.8, 4) is 11.4 Å². The standard InChI is InChI=1S/C16H19Cl2N3/c1-4-8-19-15-12(5-2)10(3)20-16(21-15)13-7-6-11(17)9-14(13)18/h6-7,9H,4-5,8H2,1-3H3,(H,19,20,21). The molecule has 2 rings (SSSR count). The van der Waals surface area contributed by atoms with Gasteiger partial charge in [0.25, 0.3) is 0 Å². The zero-order chi connectivity index (χ0) is 15.4. The number of anilines is 1. The first-order valence-electron chi connectivity index (χ1n) is 7.13. The minimum atomic E-state index is 0.563. The highest BCUT2D eigenvalue weighted by molar-refractivity contribution is 6.36. The van der Waals surface area contributed by atoms with Gasteiger partial charge in [0.05, 0.1) is 5.02 Å². The Morgan fingerprint density at radius 2 is 1.90 bits per heavy atom. The van der Waals surface area contributed by atoms with Crippen molar-refractivity contribution in [2.45, 2.75) is 33.6 Å². The van der Waals surface area contributed by atoms with Crippen molar-refractivity contribution >= 4 is 29.0 Å². The summed E-state index contributed by atoms with van der Waals surface area (Å²) in [6, 6.07) is 5.37. The van der Waals surface area contributed by atoms with Gasteiger partial charge in [-0.1, -0.05) is 37.0 Å². The normalized spacial score (nSPS) is 10.7. The van der Waals surface area contributed by atoms with E-state index in [0.717, 1.165) is 42.0 Å². The van der Waals surface area contributed by atoms with E-state index >= 15 is 0 Å². The van der Waals surface area contributed by atoms with Gasteiger partial charge in [-0.25, -0.2) is 9.97 Å². The lowest BCUT2D eigenvalue weighted by molar-refractivity contribution is 0.938. The molecule has 2 aromatic rings. The second kappa shape index (κ2) is 7.10. The third kappa shape index (κ3) is 3.66. The molecule has 0 saturated carbocycles. The van der Waals surface area contributed by atoms with Gasteiger partial charge in [-0.15, -0.1) is 0 Å². The maximum Gasteiger partial charge on any atom is 0.163 e. The molecule has 0 aliphatic rings. The molecule has 0 saturated heterocycles. The van der Waals surface area contributed by atoms with Crippen LogP contribution in [0, 0.1) is 6.92 Å². The van der Waals surface area contributed by atoms with Crippen LogP contribution in [0.4, 0.5) is 5.82 Å². The van der Waals surface area contributed by atoms with Crippen LogP contribution in [0.3, 0.4) is 0 Å². The molecule has 1 aromatic carbocycles. The Hall–Kier alpha value is -1.32. The van der Waals surface area contributed by atoms with Crippen LogP contribution in [0.1, 0.15) is 31.5 Å². The molecule has 0 atom stereocenters. The summed E-state index contributed by atoms with van der Waals surface area (Å²) in [5.41, 5.74) is 2.93. The summed E-state index contributed by atoms with van der Waals surface area (Å²) in [5.74, 6) is 1.53. The molecule has 5 heteroatoms. The Morgan fingerprint density at radius 3 is 2.52 bits per heavy atom. The van der Waals surface area contributed by atoms with Gasteiger partial charge >= 0.3 is 0 Å². The molecule has 21 heavy (non-hydrogen) atoms. The molecule has 0 radical (unpaired) electrons. The van der Waals surface area contributed by atoms with E-state index in [9.17, 15) is 0 Å². The molecule has 112 valence electrons. The minimum Gasteiger partial charge on any atom is -0.370 e. The fourth-order valence-corrected chi connectivity index (χ4v) is 2.69. The second-order valence-corrected chi connectivity index (χ2v) is 5.71. The Bertz CT molecular complexity index is 642. The molecule has 0 aliphatic heterocycles. The number of rotatable bonds is 5. The van der Waals surface area contributed by atoms with Crippen molar-refractivity contribution < 1.29 is 0 Å². The third-order valence-corrected chi connectivity index (χ3v) is 3.83. The highest BCUT2D eigenvalue weighted by atomic mass is 35.5. The fraction of sp³-hybridized carbons (Fsp3) is 0.375. The van der Waals surface area contributed by atoms with E-state index in [2.05, 4.69) is 29.1 Å². The van der Waals surface area contributed by atoms with Crippen LogP contribution in [0.2, 0.25) is 10.0 Å². The molecule has 0 fully saturated rings. The van der Waals surface area contributed by atoms with E-state index in [0.29, 0.717) is 15.9 Å². The van der Waals surface area contributed by atoms with Gasteiger partial charge in [0.2, 0.25) is 0 Å². The van der Waals surface area contributed by atoms with E-state index in [4.69, 9.17) is 23.2 Å². The van der Waals surface area contributed by atoms with Crippen LogP contribution >= 0.6 is 23.2 Å². The highest BCUT2D eigenvalue weighted by Gasteiger charge is 2.13. The lowest BCUT2D eigenvalue weighted by atomic mass is 10.1. The molecule has 0 spiro atoms. The van der Waals surface area contributed by atoms with Crippen molar-refractivity contribution in [3.63, 3.8) is 0 Å². The first-order valence-corrected chi connectivity index (χ1v) is 7.89. The van der Waals surface area contributed by atoms with Gasteiger partial charge in [0, 0.05) is 28.4 Å². The number of aryl methyl sites for hydroxylation is 1. The zero-order valence-electron chi connectivity index (χ0n) is 12.5. The van der Waals surface area contributed by atoms with Crippen molar-refractivity contribution in [3.05, 3.63) is 39.5 Å². The summed E-state index contributed by atoms with van der Waals surface area (Å²) >= 11 is 12.2. The number of nitrogens with one attached hydrogen (secondary N) is 1. The maximum absolute atomic E-state index is 6.26. The van der Waals surface area contributed by atoms with Gasteiger partial charge in [-0.2, -0.15) is 0 Å². The van der Waals surface area contributed by atoms with E-state index in [1.165, 1.54) is 0 Å². The number of hydrogen-bond acceptors (Lipinski definition) is 3. The molecule has 1 aromatic heterocycles. The van der Waals surface area contributed by atoms with Gasteiger partial charge in [0.1, 0.15) is 5.82 Å². The second-order valence-electron chi connectivity index (χ2n) is 4.86. The number of benzene rings is 1. The van der Waals surface area contributed by atoms with Crippen LogP contribution in [0.5, 0.6) is 0 Å². The monoisotopic (exact) mass is 323 g/mol. The van der Waals surface area contributed by atoms with Crippen LogP contribution in [-0.2, 0) is 6.42 Å². The first kappa shape index (κ1) is 16.1. The molecule has 1 heterocycles. The van der Waals surface area contributed by atoms with Crippen molar-refractivity contribution in [1.29, 1.82) is 0 Å². The number of nitrogens with zero attached hydrogens (tertiary/aromatic N) is 2. The molecule has 0 bridgehead atoms. The van der Waals surface area contributed by atoms with Crippen LogP contribution in [-0.4, -0.2) is 16.5 Å². The van der Waals surface area contributed by atoms with Crippen LogP contribution < -0.4 is 5.32 Å². The summed E-state index contributed by atoms with van der Waals surface area (Å²) in [6.45, 7) is 7.13. The molecule has 3 nitrogen and oxygen atoms in total. The number of halogens is 2. The summed E-state index contributed by atoms with van der Waals surface area (Å²) < 4.78 is 0. The predicted molar refractivity (Wildman–Crippen MR) is 90.4 cm³/mol. The van der Waals surface area contributed by atoms with E-state index < -0.39 is 0 Å². The van der Waals surface area contributed by atoms with Crippen molar-refractivity contribution in [2.24, 2.45) is 0 Å². The molecular formula is C16H19Cl2N3. The summed E-state index contributed by atoms with van der Waals surface area (Å²) in [7, 11) is 0. The molecule has 0 unspecified atom stereocenters. The largest absolute Gasteiger partial charge is 0.370 e. The summed E-state index contributed by atoms with van der Waals surface area (Å²) in [5, 5.41) is 4.54. The SMILES string of the molecule is CCCNc1nc(-c2ccc(Cl)cc2Cl)nc(C)c1CC. The lowest BCUT2D eigenvalue weighted by Crippen LogP contribution is -2.09. The van der Waals surface area contributed by atoms with Crippen LogP contribution in [0.15, 0.2) is 18.2 Å². The van der Waals surface area contributed by atoms with E-state index in [1.54, 1.807) is 12.1 Å². The molecular weight excluding hydrogens is 305 g/mol. The summed E-state index contributed by atoms with van der Waals surface area (Å²) in [4.78, 5) is 9.25. The van der Waals surface area contributed by atoms with Crippen molar-refractivity contribution in [1.82, 2.24) is 9.97 Å². The molecule has 0 aliphatic carbocycles. The average molecular weight is 324 g/mol. The quantitative estimate of drug-likeness (QED) is 0.827. The predicted octanol–water partition coefficient (Wildman–Crippen LogP) is 5.14. The van der Waals surface area contributed by atoms with Gasteiger partial charge in [-0.05, 0) is 38.0 Å². The average Bonchev–Trinajstić information content (AvgIpc) is 2.44. The van der Waals surface area contributed by atoms with Crippen LogP contribution in [0.25, 0.3) is 11.4 Å². The number of aromatic nitrogens is 2. The van der Waals surface area contributed by atoms with Gasteiger partial charge in [-0.3, -0.25) is 0 Å². The Morgan fingerprint density at radius 1 is 1.14 bits per heavy atom. The fourth-order valence-electron chi connectivity index (χ4n) is 2.20. The van der Waals surface area contributed by atoms with E-state index in [-0.39, 0.29) is 0 Å². The molecule has 0 amide bonds. The third-order valence-electron chi connectivity index (χ3n) is 3.28. The smallest absolute Gasteiger partial charge is 0.163 e. The van der Waals surface area contributed by atoms with Gasteiger partial charge < -0.3 is 5.32 Å². The summed E-state index contributed by atoms with van der Waals surface area (Å²) in [6.07, 6.45) is 1.94. The van der Waals surface area contributed by atoms with E-state index in [1.807, 2.05) is 13.0 Å².